The first kappa shape index (κ1) is 20.1. The summed E-state index contributed by atoms with van der Waals surface area (Å²) in [5.74, 6) is 0.369. The van der Waals surface area contributed by atoms with Crippen LogP contribution in [0.5, 0.6) is 5.75 Å². The highest BCUT2D eigenvalue weighted by Gasteiger charge is 2.23. The zero-order valence-corrected chi connectivity index (χ0v) is 15.0. The van der Waals surface area contributed by atoms with E-state index in [2.05, 4.69) is 10.2 Å². The first-order chi connectivity index (χ1) is 12.1. The Balaban J connectivity index is 0.00000243. The van der Waals surface area contributed by atoms with Gasteiger partial charge < -0.3 is 10.1 Å². The van der Waals surface area contributed by atoms with Crippen molar-refractivity contribution in [3.63, 3.8) is 0 Å². The molecule has 1 aliphatic rings. The van der Waals surface area contributed by atoms with Crippen LogP contribution in [0.1, 0.15) is 11.6 Å². The molecule has 0 radical (unpaired) electrons. The van der Waals surface area contributed by atoms with Gasteiger partial charge >= 0.3 is 0 Å². The van der Waals surface area contributed by atoms with Gasteiger partial charge in [-0.15, -0.1) is 12.4 Å². The van der Waals surface area contributed by atoms with Crippen molar-refractivity contribution < 1.29 is 14.1 Å². The molecule has 8 heteroatoms. The van der Waals surface area contributed by atoms with Crippen LogP contribution in [0.3, 0.4) is 0 Å². The van der Waals surface area contributed by atoms with Crippen molar-refractivity contribution in [3.05, 3.63) is 70.0 Å². The molecule has 1 aliphatic heterocycles. The number of rotatable bonds is 6. The highest BCUT2D eigenvalue weighted by atomic mass is 35.5. The Bertz CT molecular complexity index is 730. The van der Waals surface area contributed by atoms with Crippen LogP contribution in [0.25, 0.3) is 0 Å². The summed E-state index contributed by atoms with van der Waals surface area (Å²) in [5, 5.41) is 14.0. The average Bonchev–Trinajstić information content (AvgIpc) is 2.62. The van der Waals surface area contributed by atoms with E-state index in [1.807, 2.05) is 6.07 Å². The van der Waals surface area contributed by atoms with Gasteiger partial charge in [0.05, 0.1) is 4.92 Å². The van der Waals surface area contributed by atoms with Gasteiger partial charge in [-0.3, -0.25) is 15.0 Å². The SMILES string of the molecule is Cl.O=[N+]([O-])c1ccc(OCCN2CCNCC2c2cccc(F)c2)cc1. The molecule has 1 fully saturated rings. The molecule has 26 heavy (non-hydrogen) atoms. The normalized spacial score (nSPS) is 17.3. The Hall–Kier alpha value is -2.22. The number of nitrogens with zero attached hydrogens (tertiary/aromatic N) is 2. The monoisotopic (exact) mass is 381 g/mol. The summed E-state index contributed by atoms with van der Waals surface area (Å²) in [6.45, 7) is 3.65. The standard InChI is InChI=1S/C18H20FN3O3.ClH/c19-15-3-1-2-14(12-15)18-13-20-8-9-21(18)10-11-25-17-6-4-16(5-7-17)22(23)24;/h1-7,12,18,20H,8-11,13H2;1H. The molecule has 1 unspecified atom stereocenters. The summed E-state index contributed by atoms with van der Waals surface area (Å²) in [5.41, 5.74) is 0.989. The van der Waals surface area contributed by atoms with E-state index in [1.54, 1.807) is 24.3 Å². The molecule has 1 saturated heterocycles. The van der Waals surface area contributed by atoms with Crippen LogP contribution >= 0.6 is 12.4 Å². The maximum atomic E-state index is 13.5. The highest BCUT2D eigenvalue weighted by molar-refractivity contribution is 5.85. The lowest BCUT2D eigenvalue weighted by atomic mass is 10.0. The minimum atomic E-state index is -0.436. The summed E-state index contributed by atoms with van der Waals surface area (Å²) in [4.78, 5) is 12.5. The van der Waals surface area contributed by atoms with E-state index in [-0.39, 0.29) is 30.0 Å². The molecule has 6 nitrogen and oxygen atoms in total. The largest absolute Gasteiger partial charge is 0.492 e. The highest BCUT2D eigenvalue weighted by Crippen LogP contribution is 2.23. The number of halogens is 2. The van der Waals surface area contributed by atoms with Crippen molar-refractivity contribution in [1.29, 1.82) is 0 Å². The second kappa shape index (κ2) is 9.47. The fourth-order valence-corrected chi connectivity index (χ4v) is 3.00. The number of nitro groups is 1. The molecule has 140 valence electrons. The molecule has 0 aliphatic carbocycles. The zero-order chi connectivity index (χ0) is 17.6. The molecule has 1 atom stereocenters. The molecule has 0 spiro atoms. The van der Waals surface area contributed by atoms with E-state index < -0.39 is 4.92 Å². The zero-order valence-electron chi connectivity index (χ0n) is 14.1. The van der Waals surface area contributed by atoms with Crippen molar-refractivity contribution in [3.8, 4) is 5.75 Å². The van der Waals surface area contributed by atoms with Gasteiger partial charge in [-0.1, -0.05) is 12.1 Å². The number of benzene rings is 2. The minimum Gasteiger partial charge on any atom is -0.492 e. The summed E-state index contributed by atoms with van der Waals surface area (Å²) in [6.07, 6.45) is 0. The van der Waals surface area contributed by atoms with Gasteiger partial charge in [0.15, 0.2) is 0 Å². The first-order valence-corrected chi connectivity index (χ1v) is 8.21. The van der Waals surface area contributed by atoms with Crippen molar-refractivity contribution >= 4 is 18.1 Å². The number of nitro benzene ring substituents is 1. The average molecular weight is 382 g/mol. The fraction of sp³-hybridized carbons (Fsp3) is 0.333. The topological polar surface area (TPSA) is 67.6 Å². The lowest BCUT2D eigenvalue weighted by Gasteiger charge is -2.36. The molecule has 0 bridgehead atoms. The van der Waals surface area contributed by atoms with E-state index in [0.717, 1.165) is 25.2 Å². The van der Waals surface area contributed by atoms with Gasteiger partial charge in [0.25, 0.3) is 5.69 Å². The minimum absolute atomic E-state index is 0. The Kier molecular flexibility index (Phi) is 7.32. The number of hydrogen-bond donors (Lipinski definition) is 1. The van der Waals surface area contributed by atoms with Crippen LogP contribution in [0, 0.1) is 15.9 Å². The van der Waals surface area contributed by atoms with E-state index in [4.69, 9.17) is 4.74 Å². The van der Waals surface area contributed by atoms with Gasteiger partial charge in [0.2, 0.25) is 0 Å². The van der Waals surface area contributed by atoms with Crippen molar-refractivity contribution in [2.45, 2.75) is 6.04 Å². The van der Waals surface area contributed by atoms with Crippen LogP contribution < -0.4 is 10.1 Å². The second-order valence-corrected chi connectivity index (χ2v) is 5.91. The lowest BCUT2D eigenvalue weighted by Crippen LogP contribution is -2.47. The quantitative estimate of drug-likeness (QED) is 0.615. The molecule has 1 heterocycles. The van der Waals surface area contributed by atoms with Crippen LogP contribution in [0.4, 0.5) is 10.1 Å². The molecule has 2 aromatic rings. The summed E-state index contributed by atoms with van der Waals surface area (Å²) < 4.78 is 19.2. The van der Waals surface area contributed by atoms with Crippen LogP contribution in [0.2, 0.25) is 0 Å². The third-order valence-electron chi connectivity index (χ3n) is 4.28. The summed E-state index contributed by atoms with van der Waals surface area (Å²) in [7, 11) is 0. The van der Waals surface area contributed by atoms with Crippen LogP contribution in [-0.4, -0.2) is 42.6 Å². The lowest BCUT2D eigenvalue weighted by molar-refractivity contribution is -0.384. The number of hydrogen-bond acceptors (Lipinski definition) is 5. The fourth-order valence-electron chi connectivity index (χ4n) is 3.00. The Morgan fingerprint density at radius 1 is 1.27 bits per heavy atom. The number of piperazine rings is 1. The molecular formula is C18H21ClFN3O3. The van der Waals surface area contributed by atoms with E-state index in [0.29, 0.717) is 18.9 Å². The molecule has 1 N–H and O–H groups in total. The Morgan fingerprint density at radius 3 is 2.73 bits per heavy atom. The number of nitrogens with one attached hydrogen (secondary N) is 1. The molecule has 3 rings (SSSR count). The van der Waals surface area contributed by atoms with Crippen molar-refractivity contribution in [2.75, 3.05) is 32.8 Å². The van der Waals surface area contributed by atoms with E-state index >= 15 is 0 Å². The van der Waals surface area contributed by atoms with Gasteiger partial charge in [-0.25, -0.2) is 4.39 Å². The molecule has 0 saturated carbocycles. The predicted octanol–water partition coefficient (Wildman–Crippen LogP) is 3.18. The summed E-state index contributed by atoms with van der Waals surface area (Å²) >= 11 is 0. The maximum Gasteiger partial charge on any atom is 0.269 e. The predicted molar refractivity (Wildman–Crippen MR) is 99.4 cm³/mol. The van der Waals surface area contributed by atoms with E-state index in [1.165, 1.54) is 18.2 Å². The molecule has 0 amide bonds. The molecular weight excluding hydrogens is 361 g/mol. The molecule has 2 aromatic carbocycles. The van der Waals surface area contributed by atoms with Gasteiger partial charge in [-0.2, -0.15) is 0 Å². The Morgan fingerprint density at radius 2 is 2.04 bits per heavy atom. The first-order valence-electron chi connectivity index (χ1n) is 8.21. The number of ether oxygens (including phenoxy) is 1. The third kappa shape index (κ3) is 5.14. The summed E-state index contributed by atoms with van der Waals surface area (Å²) in [6, 6.07) is 12.8. The van der Waals surface area contributed by atoms with Crippen LogP contribution in [-0.2, 0) is 0 Å². The molecule has 0 aromatic heterocycles. The second-order valence-electron chi connectivity index (χ2n) is 5.91. The maximum absolute atomic E-state index is 13.5. The van der Waals surface area contributed by atoms with Crippen LogP contribution in [0.15, 0.2) is 48.5 Å². The van der Waals surface area contributed by atoms with Gasteiger partial charge in [-0.05, 0) is 29.8 Å². The smallest absolute Gasteiger partial charge is 0.269 e. The van der Waals surface area contributed by atoms with E-state index in [9.17, 15) is 14.5 Å². The van der Waals surface area contributed by atoms with Gasteiger partial charge in [0, 0.05) is 44.4 Å². The third-order valence-corrected chi connectivity index (χ3v) is 4.28. The van der Waals surface area contributed by atoms with Gasteiger partial charge in [0.1, 0.15) is 18.2 Å². The number of non-ortho nitro benzene ring substituents is 1. The van der Waals surface area contributed by atoms with Crippen molar-refractivity contribution in [1.82, 2.24) is 10.2 Å². The Labute approximate surface area is 157 Å². The van der Waals surface area contributed by atoms with Crippen molar-refractivity contribution in [2.24, 2.45) is 0 Å².